The zero-order valence-corrected chi connectivity index (χ0v) is 7.21. The maximum atomic E-state index is 11.4. The van der Waals surface area contributed by atoms with E-state index < -0.39 is 0 Å². The molecule has 62 valence electrons. The highest BCUT2D eigenvalue weighted by Gasteiger charge is 2.50. The van der Waals surface area contributed by atoms with Crippen LogP contribution in [0.1, 0.15) is 13.3 Å². The van der Waals surface area contributed by atoms with Crippen molar-refractivity contribution in [2.45, 2.75) is 13.3 Å². The number of carbonyl (C=O) groups is 1. The van der Waals surface area contributed by atoms with E-state index in [-0.39, 0.29) is 17.1 Å². The monoisotopic (exact) mass is 160 g/mol. The van der Waals surface area contributed by atoms with Gasteiger partial charge in [-0.1, -0.05) is 36.5 Å². The second-order valence-electron chi connectivity index (χ2n) is 3.65. The second kappa shape index (κ2) is 2.19. The largest absolute Gasteiger partial charge is 0.299 e. The molecule has 1 saturated carbocycles. The molecule has 0 heterocycles. The molecule has 0 amide bonds. The lowest BCUT2D eigenvalue weighted by molar-refractivity contribution is -0.127. The maximum Gasteiger partial charge on any atom is 0.140 e. The molecule has 0 bridgehead atoms. The molecule has 2 aliphatic carbocycles. The second-order valence-corrected chi connectivity index (χ2v) is 3.65. The molecule has 0 aromatic carbocycles. The Labute approximate surface area is 72.5 Å². The van der Waals surface area contributed by atoms with E-state index in [9.17, 15) is 4.79 Å². The van der Waals surface area contributed by atoms with Gasteiger partial charge in [-0.25, -0.2) is 0 Å². The smallest absolute Gasteiger partial charge is 0.140 e. The van der Waals surface area contributed by atoms with Gasteiger partial charge < -0.3 is 0 Å². The summed E-state index contributed by atoms with van der Waals surface area (Å²) in [5.74, 6) is 0.542. The minimum Gasteiger partial charge on any atom is -0.299 e. The molecule has 12 heavy (non-hydrogen) atoms. The number of ketones is 1. The van der Waals surface area contributed by atoms with E-state index in [1.807, 2.05) is 18.2 Å². The van der Waals surface area contributed by atoms with Gasteiger partial charge in [0.05, 0.1) is 5.41 Å². The zero-order valence-electron chi connectivity index (χ0n) is 7.21. The van der Waals surface area contributed by atoms with E-state index in [1.54, 1.807) is 6.92 Å². The Morgan fingerprint density at radius 1 is 1.67 bits per heavy atom. The molecule has 2 atom stereocenters. The molecule has 0 N–H and O–H groups in total. The fourth-order valence-corrected chi connectivity index (χ4v) is 2.16. The SMILES string of the molecule is C=C1C[C@]2(C(C)=O)C=CC=C[C@H]12. The number of carbonyl (C=O) groups excluding carboxylic acids is 1. The van der Waals surface area contributed by atoms with Gasteiger partial charge in [-0.05, 0) is 13.3 Å². The minimum absolute atomic E-state index is 0.216. The van der Waals surface area contributed by atoms with Gasteiger partial charge in [0.25, 0.3) is 0 Å². The molecule has 0 radical (unpaired) electrons. The lowest BCUT2D eigenvalue weighted by Crippen LogP contribution is -2.45. The highest BCUT2D eigenvalue weighted by atomic mass is 16.1. The van der Waals surface area contributed by atoms with Crippen LogP contribution >= 0.6 is 0 Å². The summed E-state index contributed by atoms with van der Waals surface area (Å²) in [5.41, 5.74) is 0.969. The normalized spacial score (nSPS) is 37.4. The Morgan fingerprint density at radius 3 is 2.92 bits per heavy atom. The first-order chi connectivity index (χ1) is 5.67. The standard InChI is InChI=1S/C11H12O/c1-8-7-11(9(2)12)6-4-3-5-10(8)11/h3-6,10H,1,7H2,2H3/t10-,11+/m1/s1. The molecule has 0 spiro atoms. The summed E-state index contributed by atoms with van der Waals surface area (Å²) >= 11 is 0. The lowest BCUT2D eigenvalue weighted by atomic mass is 9.54. The summed E-state index contributed by atoms with van der Waals surface area (Å²) in [6.45, 7) is 5.60. The number of allylic oxidation sites excluding steroid dienone is 5. The fourth-order valence-electron chi connectivity index (χ4n) is 2.16. The number of Topliss-reactive ketones (excluding diaryl/α,β-unsaturated/α-hetero) is 1. The minimum atomic E-state index is -0.216. The van der Waals surface area contributed by atoms with Gasteiger partial charge in [-0.2, -0.15) is 0 Å². The molecule has 0 saturated heterocycles. The quantitative estimate of drug-likeness (QED) is 0.538. The molecular weight excluding hydrogens is 148 g/mol. The molecule has 0 aromatic heterocycles. The fraction of sp³-hybridized carbons (Fsp3) is 0.364. The first-order valence-electron chi connectivity index (χ1n) is 4.21. The first kappa shape index (κ1) is 7.53. The highest BCUT2D eigenvalue weighted by Crippen LogP contribution is 2.53. The van der Waals surface area contributed by atoms with Crippen molar-refractivity contribution in [3.05, 3.63) is 36.5 Å². The predicted molar refractivity (Wildman–Crippen MR) is 48.6 cm³/mol. The third-order valence-corrected chi connectivity index (χ3v) is 2.98. The maximum absolute atomic E-state index is 11.4. The zero-order chi connectivity index (χ0) is 8.77. The average Bonchev–Trinajstić information content (AvgIpc) is 2.02. The highest BCUT2D eigenvalue weighted by molar-refractivity contribution is 5.88. The van der Waals surface area contributed by atoms with Crippen molar-refractivity contribution in [2.75, 3.05) is 0 Å². The Morgan fingerprint density at radius 2 is 2.42 bits per heavy atom. The van der Waals surface area contributed by atoms with Gasteiger partial charge in [0.2, 0.25) is 0 Å². The number of fused-ring (bicyclic) bond motifs is 1. The van der Waals surface area contributed by atoms with Gasteiger partial charge in [0.1, 0.15) is 5.78 Å². The topological polar surface area (TPSA) is 17.1 Å². The average molecular weight is 160 g/mol. The summed E-state index contributed by atoms with van der Waals surface area (Å²) in [6, 6.07) is 0. The van der Waals surface area contributed by atoms with Crippen molar-refractivity contribution in [3.8, 4) is 0 Å². The van der Waals surface area contributed by atoms with E-state index in [0.717, 1.165) is 6.42 Å². The van der Waals surface area contributed by atoms with E-state index in [0.29, 0.717) is 0 Å². The third kappa shape index (κ3) is 0.711. The van der Waals surface area contributed by atoms with E-state index in [4.69, 9.17) is 0 Å². The molecule has 2 rings (SSSR count). The molecule has 1 heteroatoms. The van der Waals surface area contributed by atoms with Gasteiger partial charge >= 0.3 is 0 Å². The third-order valence-electron chi connectivity index (χ3n) is 2.98. The molecule has 1 nitrogen and oxygen atoms in total. The van der Waals surface area contributed by atoms with Crippen molar-refractivity contribution in [1.29, 1.82) is 0 Å². The number of rotatable bonds is 1. The van der Waals surface area contributed by atoms with Crippen molar-refractivity contribution < 1.29 is 4.79 Å². The van der Waals surface area contributed by atoms with E-state index in [1.165, 1.54) is 5.57 Å². The van der Waals surface area contributed by atoms with Crippen LogP contribution in [0.3, 0.4) is 0 Å². The number of hydrogen-bond donors (Lipinski definition) is 0. The van der Waals surface area contributed by atoms with Crippen LogP contribution in [0.5, 0.6) is 0 Å². The Bertz CT molecular complexity index is 309. The first-order valence-corrected chi connectivity index (χ1v) is 4.21. The van der Waals surface area contributed by atoms with Crippen molar-refractivity contribution in [2.24, 2.45) is 11.3 Å². The molecular formula is C11H12O. The summed E-state index contributed by atoms with van der Waals surface area (Å²) in [7, 11) is 0. The van der Waals surface area contributed by atoms with Crippen LogP contribution in [0.4, 0.5) is 0 Å². The van der Waals surface area contributed by atoms with Crippen LogP contribution < -0.4 is 0 Å². The van der Waals surface area contributed by atoms with Crippen LogP contribution in [0.2, 0.25) is 0 Å². The number of hydrogen-bond acceptors (Lipinski definition) is 1. The van der Waals surface area contributed by atoms with Crippen LogP contribution in [-0.4, -0.2) is 5.78 Å². The molecule has 0 unspecified atom stereocenters. The van der Waals surface area contributed by atoms with E-state index in [2.05, 4.69) is 12.7 Å². The summed E-state index contributed by atoms with van der Waals surface area (Å²) < 4.78 is 0. The Hall–Kier alpha value is -1.11. The molecule has 0 aliphatic heterocycles. The van der Waals surface area contributed by atoms with Gasteiger partial charge in [-0.15, -0.1) is 0 Å². The van der Waals surface area contributed by atoms with Crippen LogP contribution in [-0.2, 0) is 4.79 Å². The van der Waals surface area contributed by atoms with E-state index >= 15 is 0 Å². The Kier molecular flexibility index (Phi) is 1.38. The lowest BCUT2D eigenvalue weighted by Gasteiger charge is -2.47. The van der Waals surface area contributed by atoms with Gasteiger partial charge in [0.15, 0.2) is 0 Å². The summed E-state index contributed by atoms with van der Waals surface area (Å²) in [5, 5.41) is 0. The van der Waals surface area contributed by atoms with Crippen LogP contribution in [0.15, 0.2) is 36.5 Å². The predicted octanol–water partition coefficient (Wildman–Crippen LogP) is 2.26. The summed E-state index contributed by atoms with van der Waals surface area (Å²) in [4.78, 5) is 11.4. The van der Waals surface area contributed by atoms with Crippen molar-refractivity contribution >= 4 is 5.78 Å². The van der Waals surface area contributed by atoms with Crippen molar-refractivity contribution in [1.82, 2.24) is 0 Å². The summed E-state index contributed by atoms with van der Waals surface area (Å²) in [6.07, 6.45) is 8.90. The van der Waals surface area contributed by atoms with Crippen molar-refractivity contribution in [3.63, 3.8) is 0 Å². The molecule has 2 aliphatic rings. The molecule has 1 fully saturated rings. The van der Waals surface area contributed by atoms with Crippen LogP contribution in [0.25, 0.3) is 0 Å². The van der Waals surface area contributed by atoms with Gasteiger partial charge in [-0.3, -0.25) is 4.79 Å². The van der Waals surface area contributed by atoms with Gasteiger partial charge in [0, 0.05) is 5.92 Å². The van der Waals surface area contributed by atoms with Crippen LogP contribution in [0, 0.1) is 11.3 Å². The molecule has 0 aromatic rings. The Balaban J connectivity index is 2.39.